The monoisotopic (exact) mass is 339 g/mol. The fraction of sp³-hybridized carbons (Fsp3) is 0.294. The van der Waals surface area contributed by atoms with Crippen LogP contribution in [0.2, 0.25) is 0 Å². The molecule has 7 heteroatoms. The van der Waals surface area contributed by atoms with E-state index in [0.717, 1.165) is 41.5 Å². The van der Waals surface area contributed by atoms with Gasteiger partial charge >= 0.3 is 0 Å². The molecule has 3 aromatic heterocycles. The molecule has 1 aliphatic heterocycles. The minimum Gasteiger partial charge on any atom is -0.343 e. The SMILES string of the molecule is Cc1cc(-c2ncc[nH]2)nc([C@@H]2CCCN2C(=O)c2cccs2)n1. The number of aromatic nitrogens is 4. The number of likely N-dealkylation sites (tertiary alicyclic amines) is 1. The maximum absolute atomic E-state index is 12.8. The molecule has 4 rings (SSSR count). The Hall–Kier alpha value is -2.54. The van der Waals surface area contributed by atoms with Gasteiger partial charge in [0.15, 0.2) is 11.6 Å². The molecule has 1 N–H and O–H groups in total. The molecule has 0 unspecified atom stereocenters. The third-order valence-corrected chi connectivity index (χ3v) is 5.01. The first-order valence-electron chi connectivity index (χ1n) is 7.92. The van der Waals surface area contributed by atoms with E-state index in [4.69, 9.17) is 0 Å². The van der Waals surface area contributed by atoms with Crippen LogP contribution in [0, 0.1) is 6.92 Å². The Balaban J connectivity index is 1.68. The van der Waals surface area contributed by atoms with Crippen molar-refractivity contribution in [3.63, 3.8) is 0 Å². The minimum absolute atomic E-state index is 0.0668. The predicted octanol–water partition coefficient (Wildman–Crippen LogP) is 3.21. The van der Waals surface area contributed by atoms with Gasteiger partial charge in [-0.25, -0.2) is 15.0 Å². The van der Waals surface area contributed by atoms with E-state index in [1.165, 1.54) is 11.3 Å². The van der Waals surface area contributed by atoms with Crippen molar-refractivity contribution in [2.45, 2.75) is 25.8 Å². The number of nitrogens with one attached hydrogen (secondary N) is 1. The summed E-state index contributed by atoms with van der Waals surface area (Å²) in [6.45, 7) is 2.69. The summed E-state index contributed by atoms with van der Waals surface area (Å²) in [5, 5.41) is 1.93. The molecule has 24 heavy (non-hydrogen) atoms. The number of hydrogen-bond donors (Lipinski definition) is 1. The Morgan fingerprint density at radius 2 is 2.33 bits per heavy atom. The highest BCUT2D eigenvalue weighted by Crippen LogP contribution is 2.32. The van der Waals surface area contributed by atoms with Crippen molar-refractivity contribution >= 4 is 17.2 Å². The van der Waals surface area contributed by atoms with Gasteiger partial charge in [0.2, 0.25) is 0 Å². The van der Waals surface area contributed by atoms with E-state index >= 15 is 0 Å². The van der Waals surface area contributed by atoms with Crippen LogP contribution in [0.1, 0.15) is 40.1 Å². The Morgan fingerprint density at radius 1 is 1.42 bits per heavy atom. The number of carbonyl (C=O) groups is 1. The zero-order chi connectivity index (χ0) is 16.5. The van der Waals surface area contributed by atoms with Crippen LogP contribution >= 0.6 is 11.3 Å². The average molecular weight is 339 g/mol. The summed E-state index contributed by atoms with van der Waals surface area (Å²) < 4.78 is 0. The molecule has 1 amide bonds. The summed E-state index contributed by atoms with van der Waals surface area (Å²) >= 11 is 1.47. The maximum atomic E-state index is 12.8. The first kappa shape index (κ1) is 15.0. The number of aryl methyl sites for hydroxylation is 1. The van der Waals surface area contributed by atoms with E-state index in [2.05, 4.69) is 19.9 Å². The standard InChI is InChI=1S/C17H17N5OS/c1-11-10-12(15-18-6-7-19-15)21-16(20-11)13-4-2-8-22(13)17(23)14-5-3-9-24-14/h3,5-7,9-10,13H,2,4,8H2,1H3,(H,18,19)/t13-/m0/s1. The maximum Gasteiger partial charge on any atom is 0.264 e. The summed E-state index contributed by atoms with van der Waals surface area (Å²) in [6, 6.07) is 5.60. The van der Waals surface area contributed by atoms with Gasteiger partial charge in [0.1, 0.15) is 5.69 Å². The normalized spacial score (nSPS) is 17.4. The lowest BCUT2D eigenvalue weighted by atomic mass is 10.2. The summed E-state index contributed by atoms with van der Waals surface area (Å²) in [4.78, 5) is 32.0. The Kier molecular flexibility index (Phi) is 3.86. The lowest BCUT2D eigenvalue weighted by Gasteiger charge is -2.23. The highest BCUT2D eigenvalue weighted by molar-refractivity contribution is 7.12. The molecule has 0 radical (unpaired) electrons. The van der Waals surface area contributed by atoms with Crippen LogP contribution in [0.25, 0.3) is 11.5 Å². The van der Waals surface area contributed by atoms with Crippen molar-refractivity contribution in [3.05, 3.63) is 52.4 Å². The van der Waals surface area contributed by atoms with Crippen molar-refractivity contribution in [1.29, 1.82) is 0 Å². The summed E-state index contributed by atoms with van der Waals surface area (Å²) in [6.07, 6.45) is 5.33. The second-order valence-corrected chi connectivity index (χ2v) is 6.77. The van der Waals surface area contributed by atoms with E-state index in [0.29, 0.717) is 5.82 Å². The van der Waals surface area contributed by atoms with Crippen LogP contribution in [0.4, 0.5) is 0 Å². The van der Waals surface area contributed by atoms with Gasteiger partial charge in [0.05, 0.1) is 10.9 Å². The zero-order valence-corrected chi connectivity index (χ0v) is 14.1. The van der Waals surface area contributed by atoms with Crippen LogP contribution in [0.15, 0.2) is 36.0 Å². The van der Waals surface area contributed by atoms with Crippen molar-refractivity contribution < 1.29 is 4.79 Å². The van der Waals surface area contributed by atoms with Crippen LogP contribution < -0.4 is 0 Å². The zero-order valence-electron chi connectivity index (χ0n) is 13.3. The Morgan fingerprint density at radius 3 is 3.08 bits per heavy atom. The van der Waals surface area contributed by atoms with E-state index in [1.807, 2.05) is 35.4 Å². The number of hydrogen-bond acceptors (Lipinski definition) is 5. The van der Waals surface area contributed by atoms with Gasteiger partial charge in [-0.1, -0.05) is 6.07 Å². The van der Waals surface area contributed by atoms with E-state index < -0.39 is 0 Å². The van der Waals surface area contributed by atoms with Crippen LogP contribution in [-0.4, -0.2) is 37.3 Å². The number of nitrogens with zero attached hydrogens (tertiary/aromatic N) is 4. The summed E-state index contributed by atoms with van der Waals surface area (Å²) in [5.41, 5.74) is 1.64. The summed E-state index contributed by atoms with van der Waals surface area (Å²) in [7, 11) is 0. The molecule has 0 aliphatic carbocycles. The van der Waals surface area contributed by atoms with Gasteiger partial charge < -0.3 is 9.88 Å². The number of amides is 1. The van der Waals surface area contributed by atoms with Crippen molar-refractivity contribution in [1.82, 2.24) is 24.8 Å². The second kappa shape index (κ2) is 6.16. The molecule has 0 spiro atoms. The van der Waals surface area contributed by atoms with Crippen molar-refractivity contribution in [3.8, 4) is 11.5 Å². The first-order chi connectivity index (χ1) is 11.7. The van der Waals surface area contributed by atoms with Gasteiger partial charge in [-0.3, -0.25) is 4.79 Å². The van der Waals surface area contributed by atoms with Gasteiger partial charge in [-0.2, -0.15) is 0 Å². The summed E-state index contributed by atoms with van der Waals surface area (Å²) in [5.74, 6) is 1.48. The molecule has 1 aliphatic rings. The predicted molar refractivity (Wildman–Crippen MR) is 91.7 cm³/mol. The first-order valence-corrected chi connectivity index (χ1v) is 8.80. The number of H-pyrrole nitrogens is 1. The second-order valence-electron chi connectivity index (χ2n) is 5.82. The Bertz CT molecular complexity index is 844. The lowest BCUT2D eigenvalue weighted by molar-refractivity contribution is 0.0734. The van der Waals surface area contributed by atoms with Crippen molar-refractivity contribution in [2.75, 3.05) is 6.54 Å². The number of imidazole rings is 1. The minimum atomic E-state index is -0.0757. The van der Waals surface area contributed by atoms with Gasteiger partial charge in [0.25, 0.3) is 5.91 Å². The molecule has 1 atom stereocenters. The molecule has 0 saturated carbocycles. The molecule has 4 heterocycles. The van der Waals surface area contributed by atoms with E-state index in [1.54, 1.807) is 12.4 Å². The molecule has 1 fully saturated rings. The highest BCUT2D eigenvalue weighted by atomic mass is 32.1. The molecule has 122 valence electrons. The highest BCUT2D eigenvalue weighted by Gasteiger charge is 2.33. The van der Waals surface area contributed by atoms with Crippen LogP contribution in [0.3, 0.4) is 0 Å². The van der Waals surface area contributed by atoms with Gasteiger partial charge in [0, 0.05) is 24.6 Å². The molecular weight excluding hydrogens is 322 g/mol. The molecular formula is C17H17N5OS. The third-order valence-electron chi connectivity index (χ3n) is 4.16. The molecule has 0 bridgehead atoms. The fourth-order valence-corrected chi connectivity index (χ4v) is 3.77. The van der Waals surface area contributed by atoms with Gasteiger partial charge in [-0.15, -0.1) is 11.3 Å². The van der Waals surface area contributed by atoms with E-state index in [-0.39, 0.29) is 11.9 Å². The number of rotatable bonds is 3. The third kappa shape index (κ3) is 2.71. The number of aromatic amines is 1. The molecule has 1 saturated heterocycles. The lowest BCUT2D eigenvalue weighted by Crippen LogP contribution is -2.31. The largest absolute Gasteiger partial charge is 0.343 e. The molecule has 3 aromatic rings. The smallest absolute Gasteiger partial charge is 0.264 e. The number of carbonyl (C=O) groups excluding carboxylic acids is 1. The molecule has 0 aromatic carbocycles. The fourth-order valence-electron chi connectivity index (χ4n) is 3.09. The molecule has 6 nitrogen and oxygen atoms in total. The topological polar surface area (TPSA) is 74.8 Å². The average Bonchev–Trinajstić information content (AvgIpc) is 3.36. The van der Waals surface area contributed by atoms with Crippen LogP contribution in [0.5, 0.6) is 0 Å². The van der Waals surface area contributed by atoms with Gasteiger partial charge in [-0.05, 0) is 37.3 Å². The van der Waals surface area contributed by atoms with E-state index in [9.17, 15) is 4.79 Å². The van der Waals surface area contributed by atoms with Crippen LogP contribution in [-0.2, 0) is 0 Å². The Labute approximate surface area is 143 Å². The quantitative estimate of drug-likeness (QED) is 0.795. The number of thiophene rings is 1. The van der Waals surface area contributed by atoms with Crippen molar-refractivity contribution in [2.24, 2.45) is 0 Å².